The first-order valence-corrected chi connectivity index (χ1v) is 9.99. The van der Waals surface area contributed by atoms with Crippen molar-refractivity contribution in [1.82, 2.24) is 10.2 Å². The molecule has 0 saturated carbocycles. The fourth-order valence-electron chi connectivity index (χ4n) is 3.18. The number of hydrogen-bond donors (Lipinski definition) is 2. The predicted molar refractivity (Wildman–Crippen MR) is 109 cm³/mol. The van der Waals surface area contributed by atoms with E-state index in [9.17, 15) is 0 Å². The molecule has 26 heavy (non-hydrogen) atoms. The van der Waals surface area contributed by atoms with Crippen molar-refractivity contribution in [2.45, 2.75) is 32.4 Å². The Morgan fingerprint density at radius 3 is 2.92 bits per heavy atom. The molecular weight excluding hydrogens is 344 g/mol. The number of guanidine groups is 1. The summed E-state index contributed by atoms with van der Waals surface area (Å²) >= 11 is 1.88. The van der Waals surface area contributed by atoms with Crippen LogP contribution in [0.25, 0.3) is 0 Å². The van der Waals surface area contributed by atoms with E-state index in [0.29, 0.717) is 12.0 Å². The zero-order chi connectivity index (χ0) is 18.4. The number of nitrogens with one attached hydrogen (secondary N) is 1. The molecule has 0 amide bonds. The smallest absolute Gasteiger partial charge is 0.188 e. The molecule has 1 aromatic heterocycles. The molecule has 6 heteroatoms. The Morgan fingerprint density at radius 2 is 2.15 bits per heavy atom. The molecule has 1 unspecified atom stereocenters. The third-order valence-electron chi connectivity index (χ3n) is 4.87. The largest absolute Gasteiger partial charge is 0.497 e. The quantitative estimate of drug-likeness (QED) is 0.579. The lowest BCUT2D eigenvalue weighted by Crippen LogP contribution is -2.40. The zero-order valence-electron chi connectivity index (χ0n) is 15.6. The lowest BCUT2D eigenvalue weighted by Gasteiger charge is -2.31. The SMILES string of the molecule is COc1ccc(CCNC(N)=NCC(C)N2CCc3sccc3C2)cc1. The normalized spacial score (nSPS) is 16.2. The van der Waals surface area contributed by atoms with E-state index in [1.54, 1.807) is 7.11 Å². The maximum Gasteiger partial charge on any atom is 0.188 e. The Morgan fingerprint density at radius 1 is 1.35 bits per heavy atom. The topological polar surface area (TPSA) is 62.9 Å². The van der Waals surface area contributed by atoms with Crippen LogP contribution in [0.5, 0.6) is 5.75 Å². The van der Waals surface area contributed by atoms with Gasteiger partial charge < -0.3 is 15.8 Å². The number of methoxy groups -OCH3 is 1. The Hall–Kier alpha value is -2.05. The maximum atomic E-state index is 6.02. The molecule has 2 heterocycles. The zero-order valence-corrected chi connectivity index (χ0v) is 16.4. The van der Waals surface area contributed by atoms with Gasteiger partial charge in [-0.25, -0.2) is 0 Å². The summed E-state index contributed by atoms with van der Waals surface area (Å²) < 4.78 is 5.17. The lowest BCUT2D eigenvalue weighted by molar-refractivity contribution is 0.197. The number of fused-ring (bicyclic) bond motifs is 1. The summed E-state index contributed by atoms with van der Waals surface area (Å²) in [4.78, 5) is 8.55. The molecule has 1 aliphatic rings. The number of nitrogens with zero attached hydrogens (tertiary/aromatic N) is 2. The van der Waals surface area contributed by atoms with Crippen molar-refractivity contribution in [2.75, 3.05) is 26.7 Å². The van der Waals surface area contributed by atoms with Gasteiger partial charge in [-0.05, 0) is 54.5 Å². The van der Waals surface area contributed by atoms with Crippen LogP contribution in [0.4, 0.5) is 0 Å². The molecule has 3 rings (SSSR count). The van der Waals surface area contributed by atoms with Gasteiger partial charge in [-0.1, -0.05) is 12.1 Å². The van der Waals surface area contributed by atoms with Gasteiger partial charge >= 0.3 is 0 Å². The summed E-state index contributed by atoms with van der Waals surface area (Å²) in [5.74, 6) is 1.41. The van der Waals surface area contributed by atoms with E-state index in [4.69, 9.17) is 10.5 Å². The van der Waals surface area contributed by atoms with Gasteiger partial charge in [0.1, 0.15) is 5.75 Å². The molecule has 0 spiro atoms. The van der Waals surface area contributed by atoms with Gasteiger partial charge in [0.25, 0.3) is 0 Å². The van der Waals surface area contributed by atoms with Crippen molar-refractivity contribution in [3.8, 4) is 5.75 Å². The van der Waals surface area contributed by atoms with Gasteiger partial charge in [0.2, 0.25) is 0 Å². The molecule has 0 bridgehead atoms. The van der Waals surface area contributed by atoms with Gasteiger partial charge in [0.15, 0.2) is 5.96 Å². The molecule has 1 aromatic carbocycles. The third-order valence-corrected chi connectivity index (χ3v) is 5.89. The second-order valence-corrected chi connectivity index (χ2v) is 7.69. The van der Waals surface area contributed by atoms with E-state index >= 15 is 0 Å². The Bertz CT molecular complexity index is 726. The van der Waals surface area contributed by atoms with Crippen molar-refractivity contribution < 1.29 is 4.74 Å². The fraction of sp³-hybridized carbons (Fsp3) is 0.450. The molecule has 2 aromatic rings. The van der Waals surface area contributed by atoms with Crippen LogP contribution >= 0.6 is 11.3 Å². The Kier molecular flexibility index (Phi) is 6.52. The monoisotopic (exact) mass is 372 g/mol. The van der Waals surface area contributed by atoms with Gasteiger partial charge in [0.05, 0.1) is 13.7 Å². The molecule has 5 nitrogen and oxygen atoms in total. The van der Waals surface area contributed by atoms with E-state index in [2.05, 4.69) is 45.7 Å². The minimum atomic E-state index is 0.394. The van der Waals surface area contributed by atoms with Crippen molar-refractivity contribution in [3.63, 3.8) is 0 Å². The first kappa shape index (κ1) is 18.7. The van der Waals surface area contributed by atoms with E-state index in [-0.39, 0.29) is 0 Å². The van der Waals surface area contributed by atoms with Gasteiger partial charge in [-0.2, -0.15) is 0 Å². The molecule has 0 aliphatic carbocycles. The highest BCUT2D eigenvalue weighted by Crippen LogP contribution is 2.25. The minimum absolute atomic E-state index is 0.394. The van der Waals surface area contributed by atoms with Gasteiger partial charge in [-0.15, -0.1) is 11.3 Å². The highest BCUT2D eigenvalue weighted by Gasteiger charge is 2.21. The van der Waals surface area contributed by atoms with E-state index in [1.165, 1.54) is 16.0 Å². The van der Waals surface area contributed by atoms with Crippen LogP contribution in [0, 0.1) is 0 Å². The minimum Gasteiger partial charge on any atom is -0.497 e. The highest BCUT2D eigenvalue weighted by atomic mass is 32.1. The van der Waals surface area contributed by atoms with Crippen molar-refractivity contribution in [3.05, 3.63) is 51.7 Å². The summed E-state index contributed by atoms with van der Waals surface area (Å²) in [6.07, 6.45) is 2.06. The van der Waals surface area contributed by atoms with E-state index in [0.717, 1.165) is 44.8 Å². The van der Waals surface area contributed by atoms with Crippen molar-refractivity contribution in [1.29, 1.82) is 0 Å². The molecule has 1 atom stereocenters. The Balaban J connectivity index is 1.40. The number of nitrogens with two attached hydrogens (primary N) is 1. The summed E-state index contributed by atoms with van der Waals surface area (Å²) in [5.41, 5.74) is 8.75. The number of thiophene rings is 1. The van der Waals surface area contributed by atoms with Crippen LogP contribution < -0.4 is 15.8 Å². The average molecular weight is 373 g/mol. The second kappa shape index (κ2) is 9.05. The van der Waals surface area contributed by atoms with Crippen LogP contribution in [0.1, 0.15) is 22.9 Å². The third kappa shape index (κ3) is 4.99. The van der Waals surface area contributed by atoms with Crippen LogP contribution in [0.3, 0.4) is 0 Å². The van der Waals surface area contributed by atoms with Crippen molar-refractivity contribution >= 4 is 17.3 Å². The first-order chi connectivity index (χ1) is 12.7. The Labute approximate surface area is 159 Å². The highest BCUT2D eigenvalue weighted by molar-refractivity contribution is 7.10. The van der Waals surface area contributed by atoms with E-state index in [1.807, 2.05) is 23.5 Å². The molecular formula is C20H28N4OS. The molecule has 3 N–H and O–H groups in total. The standard InChI is InChI=1S/C20H28N4OS/c1-15(24-11-8-19-17(14-24)9-12-26-19)13-23-20(21)22-10-7-16-3-5-18(25-2)6-4-16/h3-6,9,12,15H,7-8,10-11,13-14H2,1-2H3,(H3,21,22,23). The maximum absolute atomic E-state index is 6.02. The van der Waals surface area contributed by atoms with Crippen LogP contribution in [0.15, 0.2) is 40.7 Å². The average Bonchev–Trinajstić information content (AvgIpc) is 3.14. The first-order valence-electron chi connectivity index (χ1n) is 9.11. The van der Waals surface area contributed by atoms with Gasteiger partial charge in [0, 0.05) is 30.6 Å². The van der Waals surface area contributed by atoms with Crippen LogP contribution in [-0.2, 0) is 19.4 Å². The summed E-state index contributed by atoms with van der Waals surface area (Å²) in [6.45, 7) is 5.86. The molecule has 1 aliphatic heterocycles. The molecule has 140 valence electrons. The van der Waals surface area contributed by atoms with Crippen molar-refractivity contribution in [2.24, 2.45) is 10.7 Å². The molecule has 0 radical (unpaired) electrons. The summed E-state index contributed by atoms with van der Waals surface area (Å²) in [5, 5.41) is 5.41. The number of benzene rings is 1. The van der Waals surface area contributed by atoms with E-state index < -0.39 is 0 Å². The summed E-state index contributed by atoms with van der Waals surface area (Å²) in [7, 11) is 1.68. The van der Waals surface area contributed by atoms with Crippen LogP contribution in [-0.4, -0.2) is 43.6 Å². The molecule has 0 fully saturated rings. The number of hydrogen-bond acceptors (Lipinski definition) is 4. The number of ether oxygens (including phenoxy) is 1. The molecule has 0 saturated heterocycles. The predicted octanol–water partition coefficient (Wildman–Crippen LogP) is 2.65. The number of rotatable bonds is 7. The second-order valence-electron chi connectivity index (χ2n) is 6.69. The van der Waals surface area contributed by atoms with Gasteiger partial charge in [-0.3, -0.25) is 9.89 Å². The number of aliphatic imine (C=N–C) groups is 1. The fourth-order valence-corrected chi connectivity index (χ4v) is 4.07. The van der Waals surface area contributed by atoms with Crippen LogP contribution in [0.2, 0.25) is 0 Å². The summed E-state index contributed by atoms with van der Waals surface area (Å²) in [6, 6.07) is 10.7. The lowest BCUT2D eigenvalue weighted by atomic mass is 10.1.